The fourth-order valence-corrected chi connectivity index (χ4v) is 1.63. The van der Waals surface area contributed by atoms with Crippen LogP contribution in [-0.4, -0.2) is 25.7 Å². The van der Waals surface area contributed by atoms with Gasteiger partial charge in [-0.2, -0.15) is 0 Å². The lowest BCUT2D eigenvalue weighted by Crippen LogP contribution is -2.51. The van der Waals surface area contributed by atoms with Gasteiger partial charge in [-0.05, 0) is 31.5 Å². The van der Waals surface area contributed by atoms with E-state index in [2.05, 4.69) is 35.8 Å². The third-order valence-corrected chi connectivity index (χ3v) is 2.58. The van der Waals surface area contributed by atoms with Gasteiger partial charge in [-0.25, -0.2) is 0 Å². The molecule has 0 bridgehead atoms. The molecule has 1 aromatic carbocycles. The van der Waals surface area contributed by atoms with Gasteiger partial charge in [0.15, 0.2) is 0 Å². The highest BCUT2D eigenvalue weighted by atomic mass is 16.5. The maximum atomic E-state index is 5.60. The molecule has 0 unspecified atom stereocenters. The quantitative estimate of drug-likeness (QED) is 0.787. The molecule has 1 fully saturated rings. The van der Waals surface area contributed by atoms with E-state index in [1.54, 1.807) is 0 Å². The van der Waals surface area contributed by atoms with Crippen molar-refractivity contribution in [3.05, 3.63) is 23.8 Å². The van der Waals surface area contributed by atoms with Crippen LogP contribution in [0, 0.1) is 6.92 Å². The molecule has 1 aliphatic heterocycles. The zero-order valence-electron chi connectivity index (χ0n) is 9.34. The molecule has 0 aromatic heterocycles. The molecule has 3 heteroatoms. The van der Waals surface area contributed by atoms with Gasteiger partial charge in [-0.15, -0.1) is 0 Å². The predicted molar refractivity (Wildman–Crippen MR) is 62.6 cm³/mol. The molecule has 1 saturated heterocycles. The van der Waals surface area contributed by atoms with Gasteiger partial charge in [0.05, 0.1) is 18.3 Å². The van der Waals surface area contributed by atoms with Crippen LogP contribution in [0.25, 0.3) is 0 Å². The topological polar surface area (TPSA) is 33.3 Å². The Morgan fingerprint density at radius 1 is 1.47 bits per heavy atom. The summed E-state index contributed by atoms with van der Waals surface area (Å²) in [6.45, 7) is 6.88. The molecule has 15 heavy (non-hydrogen) atoms. The Labute approximate surface area is 90.8 Å². The second kappa shape index (κ2) is 4.53. The molecule has 1 aliphatic rings. The third kappa shape index (κ3) is 2.42. The summed E-state index contributed by atoms with van der Waals surface area (Å²) >= 11 is 0. The summed E-state index contributed by atoms with van der Waals surface area (Å²) in [5, 5.41) is 6.71. The van der Waals surface area contributed by atoms with E-state index in [1.807, 2.05) is 6.92 Å². The first-order chi connectivity index (χ1) is 7.29. The molecule has 0 amide bonds. The largest absolute Gasteiger partial charge is 0.492 e. The first kappa shape index (κ1) is 10.3. The molecule has 0 spiro atoms. The molecule has 2 rings (SSSR count). The van der Waals surface area contributed by atoms with Crippen molar-refractivity contribution < 1.29 is 4.74 Å². The van der Waals surface area contributed by atoms with Crippen molar-refractivity contribution in [1.29, 1.82) is 0 Å². The van der Waals surface area contributed by atoms with E-state index in [0.717, 1.165) is 24.5 Å². The van der Waals surface area contributed by atoms with Gasteiger partial charge in [0.2, 0.25) is 0 Å². The Bertz CT molecular complexity index is 334. The number of nitrogens with one attached hydrogen (secondary N) is 2. The van der Waals surface area contributed by atoms with Gasteiger partial charge < -0.3 is 15.4 Å². The number of benzene rings is 1. The summed E-state index contributed by atoms with van der Waals surface area (Å²) in [4.78, 5) is 0. The zero-order chi connectivity index (χ0) is 10.7. The summed E-state index contributed by atoms with van der Waals surface area (Å²) in [5.74, 6) is 0.962. The van der Waals surface area contributed by atoms with Crippen molar-refractivity contribution in [2.75, 3.05) is 25.0 Å². The highest BCUT2D eigenvalue weighted by molar-refractivity contribution is 5.58. The standard InChI is InChI=1S/C12H18N2O/c1-3-15-12-6-9(2)4-5-11(12)14-10-7-13-8-10/h4-6,10,13-14H,3,7-8H2,1-2H3. The second-order valence-electron chi connectivity index (χ2n) is 3.93. The second-order valence-corrected chi connectivity index (χ2v) is 3.93. The number of hydrogen-bond donors (Lipinski definition) is 2. The maximum absolute atomic E-state index is 5.60. The SMILES string of the molecule is CCOc1cc(C)ccc1NC1CNC1. The van der Waals surface area contributed by atoms with Crippen molar-refractivity contribution in [2.45, 2.75) is 19.9 Å². The van der Waals surface area contributed by atoms with Crippen LogP contribution in [0.2, 0.25) is 0 Å². The lowest BCUT2D eigenvalue weighted by molar-refractivity contribution is 0.340. The summed E-state index contributed by atoms with van der Waals surface area (Å²) in [5.41, 5.74) is 2.34. The van der Waals surface area contributed by atoms with Crippen molar-refractivity contribution in [3.8, 4) is 5.75 Å². The van der Waals surface area contributed by atoms with Gasteiger partial charge in [0, 0.05) is 13.1 Å². The minimum atomic E-state index is 0.548. The van der Waals surface area contributed by atoms with Gasteiger partial charge in [-0.3, -0.25) is 0 Å². The van der Waals surface area contributed by atoms with E-state index < -0.39 is 0 Å². The Morgan fingerprint density at radius 3 is 2.87 bits per heavy atom. The molecule has 0 atom stereocenters. The van der Waals surface area contributed by atoms with Gasteiger partial charge >= 0.3 is 0 Å². The number of hydrogen-bond acceptors (Lipinski definition) is 3. The van der Waals surface area contributed by atoms with Crippen LogP contribution < -0.4 is 15.4 Å². The van der Waals surface area contributed by atoms with Gasteiger partial charge in [0.1, 0.15) is 5.75 Å². The van der Waals surface area contributed by atoms with Crippen molar-refractivity contribution in [2.24, 2.45) is 0 Å². The summed E-state index contributed by atoms with van der Waals surface area (Å²) in [6.07, 6.45) is 0. The van der Waals surface area contributed by atoms with Crippen LogP contribution in [0.15, 0.2) is 18.2 Å². The Hall–Kier alpha value is -1.22. The first-order valence-corrected chi connectivity index (χ1v) is 5.50. The molecular formula is C12H18N2O. The summed E-state index contributed by atoms with van der Waals surface area (Å²) in [7, 11) is 0. The van der Waals surface area contributed by atoms with Gasteiger partial charge in [0.25, 0.3) is 0 Å². The van der Waals surface area contributed by atoms with Crippen molar-refractivity contribution >= 4 is 5.69 Å². The molecule has 1 heterocycles. The smallest absolute Gasteiger partial charge is 0.142 e. The molecule has 0 saturated carbocycles. The Kier molecular flexibility index (Phi) is 3.11. The normalized spacial score (nSPS) is 15.9. The number of ether oxygens (including phenoxy) is 1. The van der Waals surface area contributed by atoms with Crippen LogP contribution in [0.4, 0.5) is 5.69 Å². The Balaban J connectivity index is 2.12. The predicted octanol–water partition coefficient (Wildman–Crippen LogP) is 1.78. The lowest BCUT2D eigenvalue weighted by Gasteiger charge is -2.29. The van der Waals surface area contributed by atoms with E-state index in [9.17, 15) is 0 Å². The minimum absolute atomic E-state index is 0.548. The molecule has 0 aliphatic carbocycles. The number of aryl methyl sites for hydroxylation is 1. The zero-order valence-corrected chi connectivity index (χ0v) is 9.34. The Morgan fingerprint density at radius 2 is 2.27 bits per heavy atom. The fourth-order valence-electron chi connectivity index (χ4n) is 1.63. The van der Waals surface area contributed by atoms with Crippen LogP contribution in [0.1, 0.15) is 12.5 Å². The van der Waals surface area contributed by atoms with Crippen molar-refractivity contribution in [1.82, 2.24) is 5.32 Å². The number of rotatable bonds is 4. The molecule has 0 radical (unpaired) electrons. The van der Waals surface area contributed by atoms with Gasteiger partial charge in [-0.1, -0.05) is 6.07 Å². The molecule has 82 valence electrons. The highest BCUT2D eigenvalue weighted by Crippen LogP contribution is 2.26. The van der Waals surface area contributed by atoms with Crippen LogP contribution in [-0.2, 0) is 0 Å². The van der Waals surface area contributed by atoms with E-state index in [4.69, 9.17) is 4.74 Å². The minimum Gasteiger partial charge on any atom is -0.492 e. The fraction of sp³-hybridized carbons (Fsp3) is 0.500. The van der Waals surface area contributed by atoms with E-state index >= 15 is 0 Å². The van der Waals surface area contributed by atoms with Crippen LogP contribution in [0.5, 0.6) is 5.75 Å². The monoisotopic (exact) mass is 206 g/mol. The van der Waals surface area contributed by atoms with E-state index in [-0.39, 0.29) is 0 Å². The van der Waals surface area contributed by atoms with E-state index in [0.29, 0.717) is 12.6 Å². The average molecular weight is 206 g/mol. The molecular weight excluding hydrogens is 188 g/mol. The molecule has 1 aromatic rings. The van der Waals surface area contributed by atoms with Crippen molar-refractivity contribution in [3.63, 3.8) is 0 Å². The maximum Gasteiger partial charge on any atom is 0.142 e. The first-order valence-electron chi connectivity index (χ1n) is 5.50. The molecule has 3 nitrogen and oxygen atoms in total. The molecule has 2 N–H and O–H groups in total. The average Bonchev–Trinajstić information content (AvgIpc) is 2.14. The number of anilines is 1. The van der Waals surface area contributed by atoms with E-state index in [1.165, 1.54) is 5.56 Å². The third-order valence-electron chi connectivity index (χ3n) is 2.58. The lowest BCUT2D eigenvalue weighted by atomic mass is 10.1. The van der Waals surface area contributed by atoms with Crippen LogP contribution >= 0.6 is 0 Å². The summed E-state index contributed by atoms with van der Waals surface area (Å²) < 4.78 is 5.60. The van der Waals surface area contributed by atoms with Crippen LogP contribution in [0.3, 0.4) is 0 Å². The summed E-state index contributed by atoms with van der Waals surface area (Å²) in [6, 6.07) is 6.83. The highest BCUT2D eigenvalue weighted by Gasteiger charge is 2.17.